The van der Waals surface area contributed by atoms with Crippen molar-refractivity contribution in [3.8, 4) is 0 Å². The maximum absolute atomic E-state index is 13.9. The van der Waals surface area contributed by atoms with Crippen molar-refractivity contribution in [1.29, 1.82) is 0 Å². The third-order valence-electron chi connectivity index (χ3n) is 8.56. The number of fused-ring (bicyclic) bond motifs is 3. The number of amides is 2. The highest BCUT2D eigenvalue weighted by Crippen LogP contribution is 2.43. The summed E-state index contributed by atoms with van der Waals surface area (Å²) in [6.45, 7) is 9.83. The summed E-state index contributed by atoms with van der Waals surface area (Å²) in [6.07, 6.45) is 6.21. The first-order valence-electron chi connectivity index (χ1n) is 13.8. The fourth-order valence-corrected chi connectivity index (χ4v) is 6.97. The Hall–Kier alpha value is -2.74. The molecule has 5 rings (SSSR count). The second kappa shape index (κ2) is 10.6. The minimum Gasteiger partial charge on any atom is -0.349 e. The van der Waals surface area contributed by atoms with E-state index in [0.717, 1.165) is 55.9 Å². The van der Waals surface area contributed by atoms with Crippen LogP contribution in [0.1, 0.15) is 87.7 Å². The zero-order valence-corrected chi connectivity index (χ0v) is 22.5. The van der Waals surface area contributed by atoms with E-state index in [4.69, 9.17) is 4.98 Å². The number of carbonyl (C=O) groups is 2. The van der Waals surface area contributed by atoms with Crippen molar-refractivity contribution in [1.82, 2.24) is 24.7 Å². The summed E-state index contributed by atoms with van der Waals surface area (Å²) < 4.78 is 16.4. The molecule has 8 heteroatoms. The largest absolute Gasteiger partial charge is 0.349 e. The van der Waals surface area contributed by atoms with Crippen LogP contribution in [0.15, 0.2) is 24.3 Å². The lowest BCUT2D eigenvalue weighted by atomic mass is 9.94. The number of piperidine rings is 1. The predicted octanol–water partition coefficient (Wildman–Crippen LogP) is 4.31. The Kier molecular flexibility index (Phi) is 7.39. The van der Waals surface area contributed by atoms with Gasteiger partial charge in [-0.05, 0) is 56.7 Å². The third kappa shape index (κ3) is 5.31. The van der Waals surface area contributed by atoms with Crippen molar-refractivity contribution >= 4 is 11.8 Å². The lowest BCUT2D eigenvalue weighted by Crippen LogP contribution is -2.45. The van der Waals surface area contributed by atoms with Gasteiger partial charge in [0.2, 0.25) is 11.8 Å². The molecule has 7 nitrogen and oxygen atoms in total. The molecule has 1 aromatic heterocycles. The molecule has 2 amide bonds. The molecule has 3 unspecified atom stereocenters. The minimum absolute atomic E-state index is 0.0100. The average Bonchev–Trinajstić information content (AvgIpc) is 3.30. The molecular weight excluding hydrogens is 469 g/mol. The molecule has 2 bridgehead atoms. The molecule has 200 valence electrons. The molecule has 3 aliphatic rings. The Balaban J connectivity index is 1.27. The third-order valence-corrected chi connectivity index (χ3v) is 8.56. The number of hydrogen-bond donors (Lipinski definition) is 1. The second-order valence-electron chi connectivity index (χ2n) is 11.4. The molecule has 2 aromatic rings. The van der Waals surface area contributed by atoms with Crippen molar-refractivity contribution in [2.75, 3.05) is 13.1 Å². The van der Waals surface area contributed by atoms with Gasteiger partial charge in [-0.15, -0.1) is 0 Å². The van der Waals surface area contributed by atoms with E-state index in [9.17, 15) is 14.0 Å². The number of aryl methyl sites for hydroxylation is 1. The zero-order chi connectivity index (χ0) is 26.3. The van der Waals surface area contributed by atoms with Crippen LogP contribution in [0.3, 0.4) is 0 Å². The van der Waals surface area contributed by atoms with Crippen LogP contribution in [0.25, 0.3) is 0 Å². The minimum atomic E-state index is -0.274. The maximum Gasteiger partial charge on any atom is 0.225 e. The lowest BCUT2D eigenvalue weighted by Gasteiger charge is -2.41. The lowest BCUT2D eigenvalue weighted by molar-refractivity contribution is -0.135. The van der Waals surface area contributed by atoms with Gasteiger partial charge in [0, 0.05) is 56.2 Å². The average molecular weight is 510 g/mol. The molecular formula is C29H40FN5O2. The summed E-state index contributed by atoms with van der Waals surface area (Å²) >= 11 is 0. The topological polar surface area (TPSA) is 70.5 Å². The normalized spacial score (nSPS) is 24.3. The summed E-state index contributed by atoms with van der Waals surface area (Å²) in [5, 5.41) is 3.03. The van der Waals surface area contributed by atoms with E-state index >= 15 is 0 Å². The molecule has 4 atom stereocenters. The quantitative estimate of drug-likeness (QED) is 0.604. The van der Waals surface area contributed by atoms with Crippen molar-refractivity contribution in [2.45, 2.75) is 96.9 Å². The van der Waals surface area contributed by atoms with E-state index in [1.54, 1.807) is 6.07 Å². The van der Waals surface area contributed by atoms with E-state index in [1.807, 2.05) is 24.8 Å². The van der Waals surface area contributed by atoms with Gasteiger partial charge in [-0.3, -0.25) is 14.5 Å². The Labute approximate surface area is 219 Å². The van der Waals surface area contributed by atoms with Crippen LogP contribution >= 0.6 is 0 Å². The van der Waals surface area contributed by atoms with Crippen molar-refractivity contribution in [2.24, 2.45) is 5.92 Å². The SMILES string of the molecule is CC(=O)NC(CCN1C2CC[C@H]1CC(n1c(C)nc3c1CCN(C(=O)C(C)C)C3)C2)c1cccc(F)c1. The number of carbonyl (C=O) groups excluding carboxylic acids is 2. The van der Waals surface area contributed by atoms with E-state index in [1.165, 1.54) is 37.6 Å². The Bertz CT molecular complexity index is 1150. The number of benzene rings is 1. The molecule has 0 saturated carbocycles. The van der Waals surface area contributed by atoms with Crippen molar-refractivity contribution in [3.05, 3.63) is 52.9 Å². The summed E-state index contributed by atoms with van der Waals surface area (Å²) in [7, 11) is 0. The number of nitrogens with one attached hydrogen (secondary N) is 1. The molecule has 37 heavy (non-hydrogen) atoms. The molecule has 0 radical (unpaired) electrons. The second-order valence-corrected chi connectivity index (χ2v) is 11.4. The highest BCUT2D eigenvalue weighted by Gasteiger charge is 2.42. The van der Waals surface area contributed by atoms with Crippen LogP contribution in [-0.2, 0) is 22.6 Å². The van der Waals surface area contributed by atoms with Gasteiger partial charge in [-0.25, -0.2) is 9.37 Å². The Morgan fingerprint density at radius 3 is 2.54 bits per heavy atom. The summed E-state index contributed by atoms with van der Waals surface area (Å²) in [5.41, 5.74) is 3.21. The molecule has 1 N–H and O–H groups in total. The van der Waals surface area contributed by atoms with Crippen LogP contribution in [0, 0.1) is 18.7 Å². The van der Waals surface area contributed by atoms with Gasteiger partial charge in [-0.2, -0.15) is 0 Å². The molecule has 0 spiro atoms. The number of halogens is 1. The molecule has 2 fully saturated rings. The zero-order valence-electron chi connectivity index (χ0n) is 22.5. The number of nitrogens with zero attached hydrogens (tertiary/aromatic N) is 4. The van der Waals surface area contributed by atoms with E-state index in [0.29, 0.717) is 24.7 Å². The van der Waals surface area contributed by atoms with Crippen LogP contribution in [0.5, 0.6) is 0 Å². The monoisotopic (exact) mass is 509 g/mol. The number of hydrogen-bond acceptors (Lipinski definition) is 4. The van der Waals surface area contributed by atoms with Gasteiger partial charge < -0.3 is 14.8 Å². The van der Waals surface area contributed by atoms with Crippen molar-refractivity contribution in [3.63, 3.8) is 0 Å². The van der Waals surface area contributed by atoms with E-state index in [2.05, 4.69) is 21.7 Å². The van der Waals surface area contributed by atoms with Gasteiger partial charge in [0.25, 0.3) is 0 Å². The van der Waals surface area contributed by atoms with E-state index in [-0.39, 0.29) is 29.6 Å². The van der Waals surface area contributed by atoms with Gasteiger partial charge in [0.15, 0.2) is 0 Å². The first-order valence-corrected chi connectivity index (χ1v) is 13.8. The smallest absolute Gasteiger partial charge is 0.225 e. The molecule has 0 aliphatic carbocycles. The Morgan fingerprint density at radius 1 is 1.16 bits per heavy atom. The predicted molar refractivity (Wildman–Crippen MR) is 140 cm³/mol. The molecule has 3 aliphatic heterocycles. The van der Waals surface area contributed by atoms with Crippen LogP contribution in [0.4, 0.5) is 4.39 Å². The first-order chi connectivity index (χ1) is 17.7. The molecule has 2 saturated heterocycles. The fraction of sp³-hybridized carbons (Fsp3) is 0.621. The van der Waals surface area contributed by atoms with Crippen LogP contribution in [-0.4, -0.2) is 56.3 Å². The number of rotatable bonds is 7. The highest BCUT2D eigenvalue weighted by molar-refractivity contribution is 5.78. The molecule has 1 aromatic carbocycles. The standard InChI is InChI=1S/C29H40FN5O2/c1-18(2)29(37)33-12-11-28-27(17-33)31-19(3)35(28)25-15-23-8-9-24(16-25)34(23)13-10-26(32-20(4)36)21-6-5-7-22(30)14-21/h5-7,14,18,23-26H,8-13,15-17H2,1-4H3,(H,32,36)/t23-,24?,25?,26?/m0/s1. The highest BCUT2D eigenvalue weighted by atomic mass is 19.1. The first kappa shape index (κ1) is 25.9. The number of aromatic nitrogens is 2. The number of imidazole rings is 1. The van der Waals surface area contributed by atoms with Crippen LogP contribution in [0.2, 0.25) is 0 Å². The molecule has 4 heterocycles. The Morgan fingerprint density at radius 2 is 1.89 bits per heavy atom. The maximum atomic E-state index is 13.9. The summed E-state index contributed by atoms with van der Waals surface area (Å²) in [6, 6.07) is 7.84. The summed E-state index contributed by atoms with van der Waals surface area (Å²) in [4.78, 5) is 33.9. The van der Waals surface area contributed by atoms with Crippen LogP contribution < -0.4 is 5.32 Å². The van der Waals surface area contributed by atoms with Gasteiger partial charge in [0.1, 0.15) is 11.6 Å². The van der Waals surface area contributed by atoms with Gasteiger partial charge in [0.05, 0.1) is 18.3 Å². The van der Waals surface area contributed by atoms with Gasteiger partial charge in [-0.1, -0.05) is 26.0 Å². The summed E-state index contributed by atoms with van der Waals surface area (Å²) in [5.74, 6) is 0.920. The fourth-order valence-electron chi connectivity index (χ4n) is 6.97. The van der Waals surface area contributed by atoms with E-state index < -0.39 is 0 Å². The van der Waals surface area contributed by atoms with Gasteiger partial charge >= 0.3 is 0 Å². The van der Waals surface area contributed by atoms with Crippen molar-refractivity contribution < 1.29 is 14.0 Å².